The zero-order valence-corrected chi connectivity index (χ0v) is 12.0. The second-order valence-corrected chi connectivity index (χ2v) is 5.93. The summed E-state index contributed by atoms with van der Waals surface area (Å²) in [5.41, 5.74) is 6.15. The second kappa shape index (κ2) is 5.51. The van der Waals surface area contributed by atoms with Gasteiger partial charge < -0.3 is 10.5 Å². The van der Waals surface area contributed by atoms with Gasteiger partial charge in [-0.3, -0.25) is 4.68 Å². The van der Waals surface area contributed by atoms with Gasteiger partial charge in [0.05, 0.1) is 23.0 Å². The Balaban J connectivity index is 2.34. The molecule has 1 heterocycles. The molecule has 0 bridgehead atoms. The highest BCUT2D eigenvalue weighted by molar-refractivity contribution is 7.89. The van der Waals surface area contributed by atoms with Crippen LogP contribution in [0, 0.1) is 0 Å². The number of hydrogen-bond acceptors (Lipinski definition) is 5. The Morgan fingerprint density at radius 2 is 2.20 bits per heavy atom. The van der Waals surface area contributed by atoms with E-state index < -0.39 is 10.0 Å². The molecule has 2 aromatic rings. The van der Waals surface area contributed by atoms with E-state index in [2.05, 4.69) is 9.82 Å². The first-order valence-corrected chi connectivity index (χ1v) is 7.48. The van der Waals surface area contributed by atoms with Crippen LogP contribution in [0.1, 0.15) is 6.92 Å². The highest BCUT2D eigenvalue weighted by Crippen LogP contribution is 2.29. The van der Waals surface area contributed by atoms with Crippen LogP contribution in [0.15, 0.2) is 35.5 Å². The molecule has 0 fully saturated rings. The van der Waals surface area contributed by atoms with Crippen LogP contribution in [0.3, 0.4) is 0 Å². The maximum absolute atomic E-state index is 11.7. The van der Waals surface area contributed by atoms with Crippen molar-refractivity contribution in [3.05, 3.63) is 30.6 Å². The SMILES string of the molecule is CCn1cc(Oc2cc(S(=O)(=O)NC)ccc2N)cn1. The molecule has 1 aromatic heterocycles. The molecule has 1 aromatic carbocycles. The van der Waals surface area contributed by atoms with E-state index in [0.29, 0.717) is 18.0 Å². The van der Waals surface area contributed by atoms with Crippen molar-refractivity contribution in [3.8, 4) is 11.5 Å². The number of aryl methyl sites for hydroxylation is 1. The number of ether oxygens (including phenoxy) is 1. The second-order valence-electron chi connectivity index (χ2n) is 4.04. The molecular formula is C12H16N4O3S. The maximum atomic E-state index is 11.7. The molecule has 0 aliphatic rings. The fourth-order valence-corrected chi connectivity index (χ4v) is 2.33. The van der Waals surface area contributed by atoms with Gasteiger partial charge in [-0.25, -0.2) is 13.1 Å². The van der Waals surface area contributed by atoms with E-state index in [9.17, 15) is 8.42 Å². The Labute approximate surface area is 117 Å². The largest absolute Gasteiger partial charge is 0.452 e. The minimum atomic E-state index is -3.54. The number of nitrogens with two attached hydrogens (primary N) is 1. The summed E-state index contributed by atoms with van der Waals surface area (Å²) in [6.45, 7) is 2.66. The van der Waals surface area contributed by atoms with E-state index in [1.807, 2.05) is 6.92 Å². The number of nitrogens with one attached hydrogen (secondary N) is 1. The summed E-state index contributed by atoms with van der Waals surface area (Å²) in [6, 6.07) is 4.29. The van der Waals surface area contributed by atoms with E-state index in [1.54, 1.807) is 17.1 Å². The van der Waals surface area contributed by atoms with E-state index >= 15 is 0 Å². The fourth-order valence-electron chi connectivity index (χ4n) is 1.59. The number of hydrogen-bond donors (Lipinski definition) is 2. The lowest BCUT2D eigenvalue weighted by Crippen LogP contribution is -2.18. The number of benzene rings is 1. The van der Waals surface area contributed by atoms with Crippen molar-refractivity contribution in [1.82, 2.24) is 14.5 Å². The summed E-state index contributed by atoms with van der Waals surface area (Å²) >= 11 is 0. The summed E-state index contributed by atoms with van der Waals surface area (Å²) in [5, 5.41) is 4.07. The molecule has 0 unspecified atom stereocenters. The predicted octanol–water partition coefficient (Wildman–Crippen LogP) is 1.19. The number of nitrogen functional groups attached to an aromatic ring is 1. The first-order chi connectivity index (χ1) is 9.46. The summed E-state index contributed by atoms with van der Waals surface area (Å²) in [4.78, 5) is 0.0899. The van der Waals surface area contributed by atoms with E-state index in [-0.39, 0.29) is 10.6 Å². The van der Waals surface area contributed by atoms with Crippen LogP contribution < -0.4 is 15.2 Å². The number of anilines is 1. The Morgan fingerprint density at radius 1 is 1.45 bits per heavy atom. The molecule has 0 saturated carbocycles. The first-order valence-electron chi connectivity index (χ1n) is 5.99. The third kappa shape index (κ3) is 2.91. The van der Waals surface area contributed by atoms with E-state index in [4.69, 9.17) is 10.5 Å². The Kier molecular flexibility index (Phi) is 3.96. The number of rotatable bonds is 5. The van der Waals surface area contributed by atoms with Crippen LogP contribution >= 0.6 is 0 Å². The predicted molar refractivity (Wildman–Crippen MR) is 75.1 cm³/mol. The lowest BCUT2D eigenvalue weighted by molar-refractivity contribution is 0.481. The molecule has 20 heavy (non-hydrogen) atoms. The van der Waals surface area contributed by atoms with Crippen LogP contribution in [-0.4, -0.2) is 25.2 Å². The third-order valence-corrected chi connectivity index (χ3v) is 4.14. The molecule has 0 spiro atoms. The molecule has 0 amide bonds. The smallest absolute Gasteiger partial charge is 0.240 e. The van der Waals surface area contributed by atoms with Gasteiger partial charge in [-0.15, -0.1) is 0 Å². The van der Waals surface area contributed by atoms with Gasteiger partial charge in [-0.2, -0.15) is 5.10 Å². The zero-order valence-electron chi connectivity index (χ0n) is 11.2. The van der Waals surface area contributed by atoms with Crippen molar-refractivity contribution in [1.29, 1.82) is 0 Å². The fraction of sp³-hybridized carbons (Fsp3) is 0.250. The van der Waals surface area contributed by atoms with Crippen molar-refractivity contribution >= 4 is 15.7 Å². The third-order valence-electron chi connectivity index (χ3n) is 2.73. The normalized spacial score (nSPS) is 11.5. The van der Waals surface area contributed by atoms with Crippen LogP contribution in [0.2, 0.25) is 0 Å². The topological polar surface area (TPSA) is 99.2 Å². The lowest BCUT2D eigenvalue weighted by atomic mass is 10.3. The molecule has 2 rings (SSSR count). The molecule has 108 valence electrons. The zero-order chi connectivity index (χ0) is 14.8. The maximum Gasteiger partial charge on any atom is 0.240 e. The Morgan fingerprint density at radius 3 is 2.80 bits per heavy atom. The molecule has 0 aliphatic heterocycles. The van der Waals surface area contributed by atoms with Gasteiger partial charge in [0.2, 0.25) is 10.0 Å². The molecule has 7 nitrogen and oxygen atoms in total. The van der Waals surface area contributed by atoms with Crippen LogP contribution in [0.5, 0.6) is 11.5 Å². The highest BCUT2D eigenvalue weighted by atomic mass is 32.2. The quantitative estimate of drug-likeness (QED) is 0.807. The molecule has 8 heteroatoms. The van der Waals surface area contributed by atoms with Gasteiger partial charge in [0.15, 0.2) is 11.5 Å². The molecule has 0 saturated heterocycles. The average molecular weight is 296 g/mol. The van der Waals surface area contributed by atoms with Crippen LogP contribution in [-0.2, 0) is 16.6 Å². The summed E-state index contributed by atoms with van der Waals surface area (Å²) in [5.74, 6) is 0.773. The van der Waals surface area contributed by atoms with E-state index in [0.717, 1.165) is 0 Å². The molecule has 3 N–H and O–H groups in total. The van der Waals surface area contributed by atoms with Crippen molar-refractivity contribution in [3.63, 3.8) is 0 Å². The van der Waals surface area contributed by atoms with Gasteiger partial charge in [0.25, 0.3) is 0 Å². The van der Waals surface area contributed by atoms with Crippen molar-refractivity contribution in [2.24, 2.45) is 0 Å². The lowest BCUT2D eigenvalue weighted by Gasteiger charge is -2.09. The van der Waals surface area contributed by atoms with Gasteiger partial charge in [0.1, 0.15) is 0 Å². The van der Waals surface area contributed by atoms with Crippen LogP contribution in [0.25, 0.3) is 0 Å². The Bertz CT molecular complexity index is 709. The molecule has 0 aliphatic carbocycles. The molecular weight excluding hydrogens is 280 g/mol. The van der Waals surface area contributed by atoms with Gasteiger partial charge in [-0.05, 0) is 26.1 Å². The number of aromatic nitrogens is 2. The Hall–Kier alpha value is -2.06. The van der Waals surface area contributed by atoms with Crippen molar-refractivity contribution in [2.45, 2.75) is 18.4 Å². The number of nitrogens with zero attached hydrogens (tertiary/aromatic N) is 2. The minimum Gasteiger partial charge on any atom is -0.452 e. The summed E-state index contributed by atoms with van der Waals surface area (Å²) in [6.07, 6.45) is 3.25. The van der Waals surface area contributed by atoms with Crippen molar-refractivity contribution in [2.75, 3.05) is 12.8 Å². The molecule has 0 atom stereocenters. The first kappa shape index (κ1) is 14.4. The van der Waals surface area contributed by atoms with Crippen LogP contribution in [0.4, 0.5) is 5.69 Å². The monoisotopic (exact) mass is 296 g/mol. The van der Waals surface area contributed by atoms with Gasteiger partial charge >= 0.3 is 0 Å². The molecule has 0 radical (unpaired) electrons. The summed E-state index contributed by atoms with van der Waals surface area (Å²) < 4.78 is 33.0. The highest BCUT2D eigenvalue weighted by Gasteiger charge is 2.14. The van der Waals surface area contributed by atoms with Crippen molar-refractivity contribution < 1.29 is 13.2 Å². The van der Waals surface area contributed by atoms with Gasteiger partial charge in [0, 0.05) is 12.6 Å². The van der Waals surface area contributed by atoms with E-state index in [1.165, 1.54) is 25.2 Å². The standard InChI is InChI=1S/C12H16N4O3S/c1-3-16-8-9(7-15-16)19-12-6-10(4-5-11(12)13)20(17,18)14-2/h4-8,14H,3,13H2,1-2H3. The van der Waals surface area contributed by atoms with Gasteiger partial charge in [-0.1, -0.05) is 0 Å². The summed E-state index contributed by atoms with van der Waals surface area (Å²) in [7, 11) is -2.19. The minimum absolute atomic E-state index is 0.0899. The average Bonchev–Trinajstić information content (AvgIpc) is 2.89. The number of sulfonamides is 1.